The topological polar surface area (TPSA) is 93.2 Å². The van der Waals surface area contributed by atoms with Crippen molar-refractivity contribution < 1.29 is 28.8 Å². The molecule has 10 heteroatoms. The van der Waals surface area contributed by atoms with Gasteiger partial charge in [-0.3, -0.25) is 9.59 Å². The van der Waals surface area contributed by atoms with E-state index in [-0.39, 0.29) is 25.2 Å². The third kappa shape index (κ3) is 8.02. The van der Waals surface area contributed by atoms with Crippen molar-refractivity contribution in [2.24, 2.45) is 0 Å². The number of hydroxylamine groups is 2. The van der Waals surface area contributed by atoms with Crippen LogP contribution in [0.5, 0.6) is 5.75 Å². The average Bonchev–Trinajstić information content (AvgIpc) is 3.35. The normalized spacial score (nSPS) is 15.6. The molecule has 3 aliphatic rings. The predicted molar refractivity (Wildman–Crippen MR) is 179 cm³/mol. The fraction of sp³-hybridized carbons (Fsp3) is 0.371. The maximum atomic E-state index is 13.7. The Morgan fingerprint density at radius 2 is 1.44 bits per heavy atom. The zero-order valence-corrected chi connectivity index (χ0v) is 28.2. The number of anilines is 1. The minimum atomic E-state index is -0.527. The van der Waals surface area contributed by atoms with Crippen LogP contribution in [0.3, 0.4) is 0 Å². The van der Waals surface area contributed by atoms with Gasteiger partial charge in [-0.25, -0.2) is 9.59 Å². The molecule has 0 bridgehead atoms. The summed E-state index contributed by atoms with van der Waals surface area (Å²) < 4.78 is 7.36. The Labute approximate surface area is 280 Å². The average molecular weight is 740 g/mol. The van der Waals surface area contributed by atoms with E-state index in [0.717, 1.165) is 74.0 Å². The van der Waals surface area contributed by atoms with Gasteiger partial charge in [0, 0.05) is 42.8 Å². The highest BCUT2D eigenvalue weighted by Crippen LogP contribution is 2.44. The van der Waals surface area contributed by atoms with Gasteiger partial charge in [0.05, 0.1) is 14.5 Å². The fourth-order valence-electron chi connectivity index (χ4n) is 5.85. The molecule has 236 valence electrons. The molecule has 2 amide bonds. The Kier molecular flexibility index (Phi) is 11.5. The maximum absolute atomic E-state index is 13.7. The van der Waals surface area contributed by atoms with E-state index in [1.165, 1.54) is 0 Å². The molecule has 2 heterocycles. The summed E-state index contributed by atoms with van der Waals surface area (Å²) in [6, 6.07) is 13.6. The molecule has 0 aromatic heterocycles. The number of unbranched alkanes of at least 4 members (excludes halogenated alkanes) is 7. The van der Waals surface area contributed by atoms with E-state index in [1.807, 2.05) is 36.4 Å². The van der Waals surface area contributed by atoms with Gasteiger partial charge < -0.3 is 14.5 Å². The van der Waals surface area contributed by atoms with E-state index in [4.69, 9.17) is 9.57 Å². The van der Waals surface area contributed by atoms with Gasteiger partial charge in [-0.15, -0.1) is 5.06 Å². The molecule has 1 aliphatic carbocycles. The quantitative estimate of drug-likeness (QED) is 0.0832. The molecule has 2 aliphatic heterocycles. The second-order valence-electron chi connectivity index (χ2n) is 11.3. The summed E-state index contributed by atoms with van der Waals surface area (Å²) >= 11 is 7.00. The molecule has 0 radical (unpaired) electrons. The highest BCUT2D eigenvalue weighted by molar-refractivity contribution is 9.11. The standard InChI is InChI=1S/C35H36Br2N2O6/c36-26-16-13-17-27(37)34(26)44-35(43)33-24-14-8-10-18-28(24)38(29-19-11-9-15-25(29)33)23-12-6-4-2-1-3-5-7-20-32(42)45-39-30(40)21-22-31(39)41/h8-11,13-14,16-19H,1-7,12,15,20-23H2. The van der Waals surface area contributed by atoms with Crippen LogP contribution in [0.4, 0.5) is 5.69 Å². The molecule has 2 aromatic carbocycles. The molecule has 1 fully saturated rings. The Bertz CT molecular complexity index is 1530. The first-order valence-corrected chi connectivity index (χ1v) is 17.1. The number of hydrogen-bond donors (Lipinski definition) is 0. The van der Waals surface area contributed by atoms with Gasteiger partial charge in [-0.05, 0) is 81.0 Å². The monoisotopic (exact) mass is 738 g/mol. The van der Waals surface area contributed by atoms with Gasteiger partial charge in [0.25, 0.3) is 11.8 Å². The van der Waals surface area contributed by atoms with Crippen LogP contribution in [0.2, 0.25) is 0 Å². The van der Waals surface area contributed by atoms with Gasteiger partial charge >= 0.3 is 11.9 Å². The molecule has 5 rings (SSSR count). The number of hydrogen-bond acceptors (Lipinski definition) is 7. The first-order valence-electron chi connectivity index (χ1n) is 15.5. The van der Waals surface area contributed by atoms with E-state index in [0.29, 0.717) is 38.2 Å². The number of nitrogens with zero attached hydrogens (tertiary/aromatic N) is 2. The minimum Gasteiger partial charge on any atom is -0.420 e. The highest BCUT2D eigenvalue weighted by atomic mass is 79.9. The first-order chi connectivity index (χ1) is 21.8. The summed E-state index contributed by atoms with van der Waals surface area (Å²) in [5.41, 5.74) is 4.53. The first kappa shape index (κ1) is 32.9. The number of carbonyl (C=O) groups is 4. The summed E-state index contributed by atoms with van der Waals surface area (Å²) in [5.74, 6) is -1.34. The Balaban J connectivity index is 1.09. The molecular weight excluding hydrogens is 704 g/mol. The largest absolute Gasteiger partial charge is 0.420 e. The highest BCUT2D eigenvalue weighted by Gasteiger charge is 2.34. The number of halogens is 2. The number of para-hydroxylation sites is 2. The van der Waals surface area contributed by atoms with Crippen molar-refractivity contribution in [1.29, 1.82) is 0 Å². The molecule has 2 aromatic rings. The van der Waals surface area contributed by atoms with Crippen LogP contribution in [-0.2, 0) is 24.0 Å². The summed E-state index contributed by atoms with van der Waals surface area (Å²) in [7, 11) is 0. The van der Waals surface area contributed by atoms with Crippen molar-refractivity contribution in [2.45, 2.75) is 77.0 Å². The lowest BCUT2D eigenvalue weighted by Crippen LogP contribution is -2.32. The van der Waals surface area contributed by atoms with Gasteiger partial charge in [-0.1, -0.05) is 74.9 Å². The second kappa shape index (κ2) is 15.7. The van der Waals surface area contributed by atoms with Crippen molar-refractivity contribution in [3.8, 4) is 5.75 Å². The molecule has 45 heavy (non-hydrogen) atoms. The molecule has 8 nitrogen and oxygen atoms in total. The van der Waals surface area contributed by atoms with Crippen molar-refractivity contribution in [2.75, 3.05) is 11.4 Å². The van der Waals surface area contributed by atoms with Crippen LogP contribution in [0.25, 0.3) is 5.57 Å². The molecule has 1 saturated heterocycles. The van der Waals surface area contributed by atoms with Crippen LogP contribution in [0.1, 0.15) is 82.6 Å². The van der Waals surface area contributed by atoms with E-state index >= 15 is 0 Å². The third-order valence-electron chi connectivity index (χ3n) is 8.11. The Morgan fingerprint density at radius 3 is 2.16 bits per heavy atom. The van der Waals surface area contributed by atoms with E-state index in [2.05, 4.69) is 61.1 Å². The van der Waals surface area contributed by atoms with Crippen LogP contribution < -0.4 is 9.64 Å². The Morgan fingerprint density at radius 1 is 0.800 bits per heavy atom. The summed E-state index contributed by atoms with van der Waals surface area (Å²) in [5, 5.41) is 0.612. The number of allylic oxidation sites excluding steroid dienone is 4. The van der Waals surface area contributed by atoms with Crippen LogP contribution in [0, 0.1) is 0 Å². The van der Waals surface area contributed by atoms with Crippen molar-refractivity contribution in [3.05, 3.63) is 86.5 Å². The molecule has 0 spiro atoms. The van der Waals surface area contributed by atoms with Crippen LogP contribution in [0.15, 0.2) is 80.9 Å². The third-order valence-corrected chi connectivity index (χ3v) is 9.36. The number of carbonyl (C=O) groups excluding carboxylic acids is 4. The number of fused-ring (bicyclic) bond motifs is 2. The van der Waals surface area contributed by atoms with E-state index in [1.54, 1.807) is 0 Å². The molecule has 0 unspecified atom stereocenters. The van der Waals surface area contributed by atoms with Gasteiger partial charge in [0.15, 0.2) is 5.75 Å². The lowest BCUT2D eigenvalue weighted by molar-refractivity contribution is -0.197. The van der Waals surface area contributed by atoms with Crippen LogP contribution >= 0.6 is 31.9 Å². The Hall–Kier alpha value is -3.50. The second-order valence-corrected chi connectivity index (χ2v) is 13.0. The van der Waals surface area contributed by atoms with Crippen molar-refractivity contribution in [1.82, 2.24) is 5.06 Å². The van der Waals surface area contributed by atoms with E-state index in [9.17, 15) is 19.2 Å². The van der Waals surface area contributed by atoms with Crippen molar-refractivity contribution in [3.63, 3.8) is 0 Å². The number of imide groups is 1. The minimum absolute atomic E-state index is 0.105. The number of rotatable bonds is 14. The number of esters is 1. The number of amides is 2. The SMILES string of the molecule is O=C(CCCCCCCCCCN1C2=CC=CCC2=C(C(=O)Oc2c(Br)cccc2Br)c2ccccc21)ON1C(=O)CCC1=O. The summed E-state index contributed by atoms with van der Waals surface area (Å²) in [4.78, 5) is 56.0. The zero-order chi connectivity index (χ0) is 31.8. The zero-order valence-electron chi connectivity index (χ0n) is 25.1. The number of benzene rings is 2. The van der Waals surface area contributed by atoms with E-state index < -0.39 is 17.8 Å². The lowest BCUT2D eigenvalue weighted by atomic mass is 9.87. The van der Waals surface area contributed by atoms with Gasteiger partial charge in [0.1, 0.15) is 0 Å². The lowest BCUT2D eigenvalue weighted by Gasteiger charge is -2.37. The fourth-order valence-corrected chi connectivity index (χ4v) is 7.01. The molecule has 0 saturated carbocycles. The molecule has 0 N–H and O–H groups in total. The van der Waals surface area contributed by atoms with Crippen LogP contribution in [-0.4, -0.2) is 35.4 Å². The molecular formula is C35H36Br2N2O6. The molecule has 0 atom stereocenters. The van der Waals surface area contributed by atoms with Crippen molar-refractivity contribution >= 4 is 66.9 Å². The summed E-state index contributed by atoms with van der Waals surface area (Å²) in [6.45, 7) is 0.850. The maximum Gasteiger partial charge on any atom is 0.344 e. The summed E-state index contributed by atoms with van der Waals surface area (Å²) in [6.07, 6.45) is 15.3. The predicted octanol–water partition coefficient (Wildman–Crippen LogP) is 8.35. The number of ether oxygens (including phenoxy) is 1. The van der Waals surface area contributed by atoms with Gasteiger partial charge in [-0.2, -0.15) is 0 Å². The smallest absolute Gasteiger partial charge is 0.344 e. The van der Waals surface area contributed by atoms with Gasteiger partial charge in [0.2, 0.25) is 0 Å².